The number of nitrogens with zero attached hydrogens (tertiary/aromatic N) is 1. The van der Waals surface area contributed by atoms with Gasteiger partial charge in [0.25, 0.3) is 0 Å². The van der Waals surface area contributed by atoms with E-state index in [1.165, 1.54) is 23.8 Å². The van der Waals surface area contributed by atoms with E-state index in [1.807, 2.05) is 18.4 Å². The van der Waals surface area contributed by atoms with Gasteiger partial charge in [-0.1, -0.05) is 31.5 Å². The SMILES string of the molecule is CCC[C@@H]1CC(NC(C)=O)CCN(Cc2coc3ccccc23)C1. The number of hydrogen-bond donors (Lipinski definition) is 1. The predicted octanol–water partition coefficient (Wildman–Crippen LogP) is 3.95. The summed E-state index contributed by atoms with van der Waals surface area (Å²) in [7, 11) is 0. The number of amides is 1. The van der Waals surface area contributed by atoms with Gasteiger partial charge in [0.2, 0.25) is 5.91 Å². The molecule has 0 radical (unpaired) electrons. The van der Waals surface area contributed by atoms with E-state index in [0.717, 1.165) is 38.1 Å². The van der Waals surface area contributed by atoms with Crippen LogP contribution >= 0.6 is 0 Å². The molecular formula is C20H28N2O2. The first-order valence-electron chi connectivity index (χ1n) is 9.10. The summed E-state index contributed by atoms with van der Waals surface area (Å²) in [5, 5.41) is 4.35. The lowest BCUT2D eigenvalue weighted by Crippen LogP contribution is -2.34. The molecule has 24 heavy (non-hydrogen) atoms. The zero-order chi connectivity index (χ0) is 16.9. The third-order valence-electron chi connectivity index (χ3n) is 4.99. The van der Waals surface area contributed by atoms with Crippen molar-refractivity contribution in [2.45, 2.75) is 52.1 Å². The van der Waals surface area contributed by atoms with Crippen LogP contribution in [0.15, 0.2) is 34.9 Å². The third-order valence-corrected chi connectivity index (χ3v) is 4.99. The Morgan fingerprint density at radius 3 is 3.00 bits per heavy atom. The van der Waals surface area contributed by atoms with Gasteiger partial charge in [0.15, 0.2) is 0 Å². The number of carbonyl (C=O) groups excluding carboxylic acids is 1. The average Bonchev–Trinajstić information content (AvgIpc) is 2.85. The second-order valence-corrected chi connectivity index (χ2v) is 7.07. The van der Waals surface area contributed by atoms with Crippen molar-refractivity contribution in [2.24, 2.45) is 5.92 Å². The van der Waals surface area contributed by atoms with E-state index in [2.05, 4.69) is 29.3 Å². The fourth-order valence-corrected chi connectivity index (χ4v) is 3.97. The lowest BCUT2D eigenvalue weighted by atomic mass is 9.95. The molecule has 1 N–H and O–H groups in total. The fourth-order valence-electron chi connectivity index (χ4n) is 3.97. The molecular weight excluding hydrogens is 300 g/mol. The van der Waals surface area contributed by atoms with Crippen LogP contribution in [0, 0.1) is 5.92 Å². The van der Waals surface area contributed by atoms with E-state index in [-0.39, 0.29) is 5.91 Å². The molecule has 1 saturated heterocycles. The van der Waals surface area contributed by atoms with Crippen molar-refractivity contribution in [2.75, 3.05) is 13.1 Å². The molecule has 0 saturated carbocycles. The van der Waals surface area contributed by atoms with Crippen LogP contribution < -0.4 is 5.32 Å². The number of furan rings is 1. The monoisotopic (exact) mass is 328 g/mol. The summed E-state index contributed by atoms with van der Waals surface area (Å²) in [4.78, 5) is 14.0. The molecule has 1 unspecified atom stereocenters. The van der Waals surface area contributed by atoms with Gasteiger partial charge in [-0.15, -0.1) is 0 Å². The molecule has 0 bridgehead atoms. The van der Waals surface area contributed by atoms with Gasteiger partial charge in [0.05, 0.1) is 6.26 Å². The van der Waals surface area contributed by atoms with Gasteiger partial charge >= 0.3 is 0 Å². The Balaban J connectivity index is 1.71. The molecule has 1 aromatic carbocycles. The molecule has 2 atom stereocenters. The van der Waals surface area contributed by atoms with Crippen LogP contribution in [0.5, 0.6) is 0 Å². The number of benzene rings is 1. The first-order chi connectivity index (χ1) is 11.7. The minimum Gasteiger partial charge on any atom is -0.464 e. The number of carbonyl (C=O) groups is 1. The van der Waals surface area contributed by atoms with Gasteiger partial charge in [-0.05, 0) is 31.2 Å². The second-order valence-electron chi connectivity index (χ2n) is 7.07. The Bertz CT molecular complexity index is 679. The maximum Gasteiger partial charge on any atom is 0.217 e. The molecule has 0 aliphatic carbocycles. The van der Waals surface area contributed by atoms with Crippen LogP contribution in [-0.2, 0) is 11.3 Å². The highest BCUT2D eigenvalue weighted by Gasteiger charge is 2.25. The first-order valence-corrected chi connectivity index (χ1v) is 9.10. The zero-order valence-corrected chi connectivity index (χ0v) is 14.8. The van der Waals surface area contributed by atoms with Gasteiger partial charge in [0.1, 0.15) is 5.58 Å². The molecule has 1 amide bonds. The molecule has 130 valence electrons. The molecule has 2 heterocycles. The number of para-hydroxylation sites is 1. The highest BCUT2D eigenvalue weighted by molar-refractivity contribution is 5.80. The van der Waals surface area contributed by atoms with E-state index in [9.17, 15) is 4.79 Å². The highest BCUT2D eigenvalue weighted by atomic mass is 16.3. The summed E-state index contributed by atoms with van der Waals surface area (Å²) in [5.74, 6) is 0.733. The summed E-state index contributed by atoms with van der Waals surface area (Å²) >= 11 is 0. The molecule has 0 spiro atoms. The molecule has 1 fully saturated rings. The number of fused-ring (bicyclic) bond motifs is 1. The zero-order valence-electron chi connectivity index (χ0n) is 14.8. The Morgan fingerprint density at radius 2 is 2.21 bits per heavy atom. The van der Waals surface area contributed by atoms with Gasteiger partial charge in [-0.2, -0.15) is 0 Å². The Kier molecular flexibility index (Phi) is 5.56. The quantitative estimate of drug-likeness (QED) is 0.904. The maximum absolute atomic E-state index is 11.4. The molecule has 4 heteroatoms. The van der Waals surface area contributed by atoms with Gasteiger partial charge in [-0.3, -0.25) is 9.69 Å². The minimum atomic E-state index is 0.0875. The molecule has 2 aromatic rings. The predicted molar refractivity (Wildman–Crippen MR) is 96.7 cm³/mol. The van der Waals surface area contributed by atoms with E-state index in [4.69, 9.17) is 4.42 Å². The fraction of sp³-hybridized carbons (Fsp3) is 0.550. The highest BCUT2D eigenvalue weighted by Crippen LogP contribution is 2.26. The van der Waals surface area contributed by atoms with E-state index >= 15 is 0 Å². The normalized spacial score (nSPS) is 22.4. The Labute approximate surface area is 144 Å². The Hall–Kier alpha value is -1.81. The van der Waals surface area contributed by atoms with Crippen LogP contribution in [0.2, 0.25) is 0 Å². The largest absolute Gasteiger partial charge is 0.464 e. The van der Waals surface area contributed by atoms with Gasteiger partial charge in [0, 0.05) is 43.5 Å². The van der Waals surface area contributed by atoms with Crippen molar-refractivity contribution in [1.82, 2.24) is 10.2 Å². The number of rotatable bonds is 5. The van der Waals surface area contributed by atoms with Crippen molar-refractivity contribution >= 4 is 16.9 Å². The first kappa shape index (κ1) is 17.0. The lowest BCUT2D eigenvalue weighted by molar-refractivity contribution is -0.119. The average molecular weight is 328 g/mol. The minimum absolute atomic E-state index is 0.0875. The van der Waals surface area contributed by atoms with E-state index < -0.39 is 0 Å². The standard InChI is InChI=1S/C20H28N2O2/c1-3-6-16-11-18(21-15(2)23)9-10-22(12-16)13-17-14-24-20-8-5-4-7-19(17)20/h4-5,7-8,14,16,18H,3,6,9-13H2,1-2H3,(H,21,23)/t16-,18?/m1/s1. The molecule has 4 nitrogen and oxygen atoms in total. The van der Waals surface area contributed by atoms with Gasteiger partial charge in [-0.25, -0.2) is 0 Å². The smallest absolute Gasteiger partial charge is 0.217 e. The summed E-state index contributed by atoms with van der Waals surface area (Å²) in [6.07, 6.45) is 6.43. The number of hydrogen-bond acceptors (Lipinski definition) is 3. The number of nitrogens with one attached hydrogen (secondary N) is 1. The van der Waals surface area contributed by atoms with Crippen molar-refractivity contribution in [1.29, 1.82) is 0 Å². The lowest BCUT2D eigenvalue weighted by Gasteiger charge is -2.23. The second kappa shape index (κ2) is 7.84. The maximum atomic E-state index is 11.4. The van der Waals surface area contributed by atoms with Crippen LogP contribution in [0.1, 0.15) is 45.1 Å². The van der Waals surface area contributed by atoms with Crippen molar-refractivity contribution < 1.29 is 9.21 Å². The molecule has 1 aliphatic heterocycles. The van der Waals surface area contributed by atoms with Crippen molar-refractivity contribution in [3.63, 3.8) is 0 Å². The molecule has 3 rings (SSSR count). The van der Waals surface area contributed by atoms with Crippen molar-refractivity contribution in [3.05, 3.63) is 36.1 Å². The summed E-state index contributed by atoms with van der Waals surface area (Å²) in [6, 6.07) is 8.54. The van der Waals surface area contributed by atoms with E-state index in [0.29, 0.717) is 12.0 Å². The van der Waals surface area contributed by atoms with Crippen molar-refractivity contribution in [3.8, 4) is 0 Å². The summed E-state index contributed by atoms with van der Waals surface area (Å²) in [6.45, 7) is 6.90. The van der Waals surface area contributed by atoms with Crippen LogP contribution in [-0.4, -0.2) is 29.9 Å². The van der Waals surface area contributed by atoms with Crippen LogP contribution in [0.25, 0.3) is 11.0 Å². The third kappa shape index (κ3) is 4.18. The molecule has 1 aliphatic rings. The van der Waals surface area contributed by atoms with E-state index in [1.54, 1.807) is 6.92 Å². The topological polar surface area (TPSA) is 45.5 Å². The molecule has 1 aromatic heterocycles. The van der Waals surface area contributed by atoms with Gasteiger partial charge < -0.3 is 9.73 Å². The summed E-state index contributed by atoms with van der Waals surface area (Å²) in [5.41, 5.74) is 2.22. The summed E-state index contributed by atoms with van der Waals surface area (Å²) < 4.78 is 5.69. The van der Waals surface area contributed by atoms with Crippen LogP contribution in [0.3, 0.4) is 0 Å². The number of likely N-dealkylation sites (tertiary alicyclic amines) is 1. The Morgan fingerprint density at radius 1 is 1.38 bits per heavy atom. The van der Waals surface area contributed by atoms with Crippen LogP contribution in [0.4, 0.5) is 0 Å².